The number of nitrogens with one attached hydrogen (secondary N) is 1. The van der Waals surface area contributed by atoms with Crippen molar-refractivity contribution in [2.24, 2.45) is 0 Å². The summed E-state index contributed by atoms with van der Waals surface area (Å²) in [6, 6.07) is 15.2. The minimum Gasteiger partial charge on any atom is -0.497 e. The van der Waals surface area contributed by atoms with Crippen molar-refractivity contribution in [2.75, 3.05) is 46.3 Å². The lowest BCUT2D eigenvalue weighted by molar-refractivity contribution is -0.142. The molecule has 2 aromatic carbocycles. The van der Waals surface area contributed by atoms with E-state index in [0.717, 1.165) is 28.9 Å². The summed E-state index contributed by atoms with van der Waals surface area (Å²) < 4.78 is 24.4. The van der Waals surface area contributed by atoms with Gasteiger partial charge in [0.1, 0.15) is 34.1 Å². The molecule has 0 bridgehead atoms. The standard InChI is InChI=1S/C35H43BrN6O6/c1-23(2)40(21-30(43)47-5)20-27-13-11-26(19-42(27)35(44)48-22-24-9-7-6-8-10-24)34-39-32(36)31-33(37-15-16-41(31)34)38-18-25-12-14-28(45-3)17-29(25)46-4/h6-10,12,14-17,23,26-27H,11,13,18-22H2,1-5H3,(H,37,38)/t26-,27-/m1/s1. The number of hydrogen-bond acceptors (Lipinski definition) is 10. The molecular formula is C35H43BrN6O6. The number of imidazole rings is 1. The number of fused-ring (bicyclic) bond motifs is 1. The van der Waals surface area contributed by atoms with E-state index < -0.39 is 6.09 Å². The topological polar surface area (TPSA) is 120 Å². The second-order valence-corrected chi connectivity index (χ2v) is 12.8. The van der Waals surface area contributed by atoms with Crippen LogP contribution in [0.3, 0.4) is 0 Å². The van der Waals surface area contributed by atoms with E-state index >= 15 is 0 Å². The summed E-state index contributed by atoms with van der Waals surface area (Å²) in [5.41, 5.74) is 2.65. The molecule has 1 amide bonds. The third-order valence-corrected chi connectivity index (χ3v) is 9.28. The van der Waals surface area contributed by atoms with Crippen LogP contribution in [0.15, 0.2) is 65.5 Å². The molecule has 1 N–H and O–H groups in total. The minimum absolute atomic E-state index is 0.0747. The molecule has 1 fully saturated rings. The smallest absolute Gasteiger partial charge is 0.410 e. The predicted octanol–water partition coefficient (Wildman–Crippen LogP) is 5.89. The molecule has 0 spiro atoms. The van der Waals surface area contributed by atoms with Gasteiger partial charge in [-0.15, -0.1) is 0 Å². The fourth-order valence-electron chi connectivity index (χ4n) is 6.03. The highest BCUT2D eigenvalue weighted by molar-refractivity contribution is 9.10. The van der Waals surface area contributed by atoms with Crippen LogP contribution in [0.1, 0.15) is 49.6 Å². The monoisotopic (exact) mass is 722 g/mol. The molecule has 4 aromatic rings. The van der Waals surface area contributed by atoms with Gasteiger partial charge in [0.05, 0.1) is 27.9 Å². The number of carbonyl (C=O) groups excluding carboxylic acids is 2. The van der Waals surface area contributed by atoms with E-state index in [9.17, 15) is 9.59 Å². The van der Waals surface area contributed by atoms with Gasteiger partial charge in [-0.25, -0.2) is 14.8 Å². The Balaban J connectivity index is 1.39. The van der Waals surface area contributed by atoms with Crippen LogP contribution in [-0.2, 0) is 27.4 Å². The van der Waals surface area contributed by atoms with Gasteiger partial charge in [0.2, 0.25) is 0 Å². The molecule has 0 saturated carbocycles. The number of hydrogen-bond donors (Lipinski definition) is 1. The van der Waals surface area contributed by atoms with Gasteiger partial charge in [0.15, 0.2) is 5.82 Å². The first-order chi connectivity index (χ1) is 23.2. The Hall–Kier alpha value is -4.36. The zero-order valence-electron chi connectivity index (χ0n) is 28.0. The number of aromatic nitrogens is 3. The Labute approximate surface area is 289 Å². The summed E-state index contributed by atoms with van der Waals surface area (Å²) in [6.45, 7) is 5.76. The van der Waals surface area contributed by atoms with Crippen LogP contribution < -0.4 is 14.8 Å². The summed E-state index contributed by atoms with van der Waals surface area (Å²) in [4.78, 5) is 39.4. The van der Waals surface area contributed by atoms with Gasteiger partial charge in [-0.2, -0.15) is 0 Å². The van der Waals surface area contributed by atoms with Gasteiger partial charge >= 0.3 is 12.1 Å². The maximum absolute atomic E-state index is 13.7. The molecule has 1 aliphatic rings. The van der Waals surface area contributed by atoms with Crippen LogP contribution in [0.4, 0.5) is 10.6 Å². The first-order valence-corrected chi connectivity index (χ1v) is 16.8. The van der Waals surface area contributed by atoms with Crippen LogP contribution in [0.2, 0.25) is 0 Å². The number of methoxy groups -OCH3 is 3. The molecule has 1 aliphatic heterocycles. The van der Waals surface area contributed by atoms with Gasteiger partial charge in [0.25, 0.3) is 0 Å². The molecule has 5 rings (SSSR count). The Morgan fingerprint density at radius 1 is 1.08 bits per heavy atom. The number of piperidine rings is 1. The number of esters is 1. The SMILES string of the molecule is COC(=O)CN(C[C@H]1CC[C@@H](c2nc(Br)c3c(NCc4ccc(OC)cc4OC)nccn23)CN1C(=O)OCc1ccccc1)C(C)C. The van der Waals surface area contributed by atoms with Crippen LogP contribution in [0.25, 0.3) is 5.52 Å². The van der Waals surface area contributed by atoms with Crippen LogP contribution in [0, 0.1) is 0 Å². The van der Waals surface area contributed by atoms with Crippen molar-refractivity contribution in [1.82, 2.24) is 24.2 Å². The lowest BCUT2D eigenvalue weighted by Gasteiger charge is -2.41. The number of carbonyl (C=O) groups is 2. The molecule has 2 aromatic heterocycles. The highest BCUT2D eigenvalue weighted by Gasteiger charge is 2.37. The number of nitrogens with zero attached hydrogens (tertiary/aromatic N) is 5. The molecule has 13 heteroatoms. The number of halogens is 1. The molecule has 0 aliphatic carbocycles. The average molecular weight is 724 g/mol. The number of rotatable bonds is 13. The normalized spacial score (nSPS) is 16.3. The quantitative estimate of drug-likeness (QED) is 0.167. The fraction of sp³-hybridized carbons (Fsp3) is 0.429. The first kappa shape index (κ1) is 35.0. The van der Waals surface area contributed by atoms with Crippen LogP contribution in [0.5, 0.6) is 11.5 Å². The molecule has 3 heterocycles. The zero-order valence-corrected chi connectivity index (χ0v) is 29.6. The van der Waals surface area contributed by atoms with E-state index in [4.69, 9.17) is 23.9 Å². The zero-order chi connectivity index (χ0) is 34.2. The Bertz CT molecular complexity index is 1700. The van der Waals surface area contributed by atoms with E-state index in [1.165, 1.54) is 7.11 Å². The number of ether oxygens (including phenoxy) is 4. The molecule has 1 saturated heterocycles. The molecule has 2 atom stereocenters. The molecule has 12 nitrogen and oxygen atoms in total. The highest BCUT2D eigenvalue weighted by Crippen LogP contribution is 2.35. The third kappa shape index (κ3) is 8.19. The van der Waals surface area contributed by atoms with Crippen LogP contribution in [-0.4, -0.2) is 89.3 Å². The van der Waals surface area contributed by atoms with Gasteiger partial charge < -0.3 is 29.2 Å². The van der Waals surface area contributed by atoms with Crippen molar-refractivity contribution in [2.45, 2.75) is 57.8 Å². The summed E-state index contributed by atoms with van der Waals surface area (Å²) in [5, 5.41) is 3.44. The second-order valence-electron chi connectivity index (χ2n) is 12.0. The van der Waals surface area contributed by atoms with E-state index in [1.807, 2.05) is 77.9 Å². The molecule has 48 heavy (non-hydrogen) atoms. The number of anilines is 1. The maximum atomic E-state index is 13.7. The second kappa shape index (κ2) is 16.2. The summed E-state index contributed by atoms with van der Waals surface area (Å²) in [6.07, 6.45) is 4.73. The fourth-order valence-corrected chi connectivity index (χ4v) is 6.59. The van der Waals surface area contributed by atoms with Gasteiger partial charge in [-0.05, 0) is 60.3 Å². The number of likely N-dealkylation sites (tertiary alicyclic amines) is 1. The maximum Gasteiger partial charge on any atom is 0.410 e. The number of amides is 1. The summed E-state index contributed by atoms with van der Waals surface area (Å²) in [5.74, 6) is 2.51. The largest absolute Gasteiger partial charge is 0.497 e. The first-order valence-electron chi connectivity index (χ1n) is 16.0. The summed E-state index contributed by atoms with van der Waals surface area (Å²) >= 11 is 3.68. The van der Waals surface area contributed by atoms with E-state index in [-0.39, 0.29) is 37.1 Å². The lowest BCUT2D eigenvalue weighted by Crippen LogP contribution is -2.53. The van der Waals surface area contributed by atoms with Crippen LogP contribution >= 0.6 is 15.9 Å². The minimum atomic E-state index is -0.396. The Kier molecular flexibility index (Phi) is 11.8. The predicted molar refractivity (Wildman–Crippen MR) is 185 cm³/mol. The van der Waals surface area contributed by atoms with Crippen molar-refractivity contribution in [3.8, 4) is 11.5 Å². The van der Waals surface area contributed by atoms with Gasteiger partial charge in [-0.3, -0.25) is 14.1 Å². The van der Waals surface area contributed by atoms with Crippen molar-refractivity contribution < 1.29 is 28.5 Å². The lowest BCUT2D eigenvalue weighted by atomic mass is 9.91. The Morgan fingerprint density at radius 3 is 2.58 bits per heavy atom. The molecule has 256 valence electrons. The molecular weight excluding hydrogens is 680 g/mol. The van der Waals surface area contributed by atoms with E-state index in [1.54, 1.807) is 25.3 Å². The van der Waals surface area contributed by atoms with Crippen molar-refractivity contribution >= 4 is 39.3 Å². The van der Waals surface area contributed by atoms with Crippen molar-refractivity contribution in [3.05, 3.63) is 82.5 Å². The van der Waals surface area contributed by atoms with E-state index in [2.05, 4.69) is 26.2 Å². The molecule has 0 unspecified atom stereocenters. The van der Waals surface area contributed by atoms with Crippen molar-refractivity contribution in [1.29, 1.82) is 0 Å². The molecule has 0 radical (unpaired) electrons. The van der Waals surface area contributed by atoms with Gasteiger partial charge in [0, 0.05) is 61.7 Å². The highest BCUT2D eigenvalue weighted by atomic mass is 79.9. The Morgan fingerprint density at radius 2 is 1.88 bits per heavy atom. The van der Waals surface area contributed by atoms with Gasteiger partial charge in [-0.1, -0.05) is 30.3 Å². The van der Waals surface area contributed by atoms with E-state index in [0.29, 0.717) is 48.0 Å². The number of benzene rings is 2. The average Bonchev–Trinajstić information content (AvgIpc) is 3.46. The summed E-state index contributed by atoms with van der Waals surface area (Å²) in [7, 11) is 4.64. The third-order valence-electron chi connectivity index (χ3n) is 8.73. The van der Waals surface area contributed by atoms with Crippen molar-refractivity contribution in [3.63, 3.8) is 0 Å².